The van der Waals surface area contributed by atoms with Crippen LogP contribution in [0.1, 0.15) is 13.8 Å². The highest BCUT2D eigenvalue weighted by Gasteiger charge is 2.40. The Morgan fingerprint density at radius 3 is 1.50 bits per heavy atom. The second-order valence-corrected chi connectivity index (χ2v) is 8.78. The number of hydrogen-bond donors (Lipinski definition) is 0. The van der Waals surface area contributed by atoms with Gasteiger partial charge >= 0.3 is 0 Å². The molecule has 0 N–H and O–H groups in total. The van der Waals surface area contributed by atoms with Crippen LogP contribution < -0.4 is 0 Å². The number of hydrogen-bond acceptors (Lipinski definition) is 1. The fraction of sp³-hybridized carbons (Fsp3) is 1.00. The fourth-order valence-corrected chi connectivity index (χ4v) is 3.90. The Morgan fingerprint density at radius 2 is 1.50 bits per heavy atom. The van der Waals surface area contributed by atoms with Crippen LogP contribution in [0.3, 0.4) is 0 Å². The third kappa shape index (κ3) is 2.30. The maximum Gasteiger partial charge on any atom is 0.242 e. The molecule has 0 amide bonds. The van der Waals surface area contributed by atoms with Crippen molar-refractivity contribution in [3.63, 3.8) is 0 Å². The van der Waals surface area contributed by atoms with Crippen molar-refractivity contribution in [1.82, 2.24) is 0 Å². The third-order valence-electron chi connectivity index (χ3n) is 1.48. The monoisotopic (exact) mass is 222 g/mol. The van der Waals surface area contributed by atoms with E-state index in [1.54, 1.807) is 13.8 Å². The van der Waals surface area contributed by atoms with Crippen LogP contribution in [-0.2, 0) is 4.57 Å². The van der Waals surface area contributed by atoms with Gasteiger partial charge in [0.05, 0.1) is 0 Å². The summed E-state index contributed by atoms with van der Waals surface area (Å²) < 4.78 is 10.0. The maximum absolute atomic E-state index is 11.6. The van der Waals surface area contributed by atoms with Crippen LogP contribution in [0.5, 0.6) is 0 Å². The Bertz CT molecular complexity index is 143. The van der Waals surface area contributed by atoms with E-state index in [-0.39, 0.29) is 0 Å². The molecule has 0 rings (SSSR count). The quantitative estimate of drug-likeness (QED) is 0.515. The van der Waals surface area contributed by atoms with Crippen LogP contribution in [0.2, 0.25) is 0 Å². The lowest BCUT2D eigenvalue weighted by Crippen LogP contribution is -2.07. The second kappa shape index (κ2) is 3.67. The number of rotatable bonds is 2. The van der Waals surface area contributed by atoms with Crippen molar-refractivity contribution in [2.75, 3.05) is 12.3 Å². The summed E-state index contributed by atoms with van der Waals surface area (Å²) in [6.45, 7) is 3.54. The highest BCUT2D eigenvalue weighted by molar-refractivity contribution is 7.71. The first-order valence-corrected chi connectivity index (χ1v) is 6.23. The van der Waals surface area contributed by atoms with Gasteiger partial charge in [0.1, 0.15) is 7.14 Å². The first-order valence-electron chi connectivity index (χ1n) is 3.02. The van der Waals surface area contributed by atoms with Gasteiger partial charge < -0.3 is 4.57 Å². The Morgan fingerprint density at radius 1 is 1.20 bits per heavy atom. The molecule has 0 aromatic carbocycles. The van der Waals surface area contributed by atoms with E-state index in [0.29, 0.717) is 12.3 Å². The number of alkyl halides is 3. The Labute approximate surface area is 76.4 Å². The van der Waals surface area contributed by atoms with E-state index in [1.165, 1.54) is 0 Å². The van der Waals surface area contributed by atoms with Gasteiger partial charge in [-0.05, 0) is 0 Å². The van der Waals surface area contributed by atoms with E-state index < -0.39 is 10.7 Å². The Kier molecular flexibility index (Phi) is 4.07. The van der Waals surface area contributed by atoms with Crippen molar-refractivity contribution in [1.29, 1.82) is 0 Å². The molecule has 0 spiro atoms. The largest absolute Gasteiger partial charge is 0.319 e. The van der Waals surface area contributed by atoms with Crippen molar-refractivity contribution in [2.45, 2.75) is 17.4 Å². The first kappa shape index (κ1) is 11.1. The molecule has 0 atom stereocenters. The molecule has 0 heterocycles. The highest BCUT2D eigenvalue weighted by Crippen LogP contribution is 2.64. The van der Waals surface area contributed by atoms with E-state index in [4.69, 9.17) is 34.8 Å². The zero-order valence-corrected chi connectivity index (χ0v) is 9.07. The van der Waals surface area contributed by atoms with Crippen molar-refractivity contribution in [3.8, 4) is 0 Å². The minimum Gasteiger partial charge on any atom is -0.319 e. The van der Waals surface area contributed by atoms with Gasteiger partial charge in [-0.2, -0.15) is 0 Å². The molecule has 0 saturated carbocycles. The van der Waals surface area contributed by atoms with Gasteiger partial charge in [-0.25, -0.2) is 0 Å². The molecule has 62 valence electrons. The van der Waals surface area contributed by atoms with Crippen molar-refractivity contribution < 1.29 is 4.57 Å². The van der Waals surface area contributed by atoms with Crippen LogP contribution in [-0.4, -0.2) is 15.9 Å². The predicted molar refractivity (Wildman–Crippen MR) is 49.0 cm³/mol. The summed E-state index contributed by atoms with van der Waals surface area (Å²) in [6, 6.07) is 0. The second-order valence-electron chi connectivity index (χ2n) is 1.99. The van der Waals surface area contributed by atoms with E-state index in [1.807, 2.05) is 0 Å². The summed E-state index contributed by atoms with van der Waals surface area (Å²) in [6.07, 6.45) is 0.889. The molecular weight excluding hydrogens is 213 g/mol. The summed E-state index contributed by atoms with van der Waals surface area (Å²) >= 11 is 16.5. The molecule has 0 aromatic heterocycles. The van der Waals surface area contributed by atoms with Gasteiger partial charge in [-0.3, -0.25) is 0 Å². The molecule has 0 saturated heterocycles. The topological polar surface area (TPSA) is 17.1 Å². The Balaban J connectivity index is 4.51. The molecule has 0 aliphatic carbocycles. The van der Waals surface area contributed by atoms with Gasteiger partial charge in [0.2, 0.25) is 3.53 Å². The lowest BCUT2D eigenvalue weighted by molar-refractivity contribution is 0.576. The van der Waals surface area contributed by atoms with Gasteiger partial charge in [-0.1, -0.05) is 48.7 Å². The van der Waals surface area contributed by atoms with Gasteiger partial charge in [0.25, 0.3) is 0 Å². The van der Waals surface area contributed by atoms with Crippen LogP contribution in [0, 0.1) is 0 Å². The average Bonchev–Trinajstić information content (AvgIpc) is 1.84. The van der Waals surface area contributed by atoms with E-state index in [0.717, 1.165) is 0 Å². The van der Waals surface area contributed by atoms with Crippen LogP contribution in [0.25, 0.3) is 0 Å². The molecule has 0 unspecified atom stereocenters. The minimum atomic E-state index is -2.57. The van der Waals surface area contributed by atoms with Gasteiger partial charge in [-0.15, -0.1) is 0 Å². The standard InChI is InChI=1S/C5H10Cl3OP/c1-3-10(9,4-2)5(6,7)8/h3-4H2,1-2H3. The third-order valence-corrected chi connectivity index (χ3v) is 7.22. The molecule has 10 heavy (non-hydrogen) atoms. The minimum absolute atomic E-state index is 0.444. The summed E-state index contributed by atoms with van der Waals surface area (Å²) in [7, 11) is -2.57. The zero-order chi connectivity index (χ0) is 8.41. The van der Waals surface area contributed by atoms with Crippen molar-refractivity contribution in [2.24, 2.45) is 0 Å². The number of halogens is 3. The lowest BCUT2D eigenvalue weighted by Gasteiger charge is -2.21. The van der Waals surface area contributed by atoms with E-state index >= 15 is 0 Å². The van der Waals surface area contributed by atoms with Crippen molar-refractivity contribution >= 4 is 41.9 Å². The fourth-order valence-electron chi connectivity index (χ4n) is 0.582. The van der Waals surface area contributed by atoms with Crippen LogP contribution in [0.15, 0.2) is 0 Å². The zero-order valence-electron chi connectivity index (χ0n) is 5.90. The summed E-state index contributed by atoms with van der Waals surface area (Å²) in [5.74, 6) is 0. The maximum atomic E-state index is 11.6. The smallest absolute Gasteiger partial charge is 0.242 e. The molecular formula is C5H10Cl3OP. The molecule has 0 aromatic rings. The average molecular weight is 223 g/mol. The SMILES string of the molecule is CCP(=O)(CC)C(Cl)(Cl)Cl. The first-order chi connectivity index (χ1) is 4.37. The predicted octanol–water partition coefficient (Wildman–Crippen LogP) is 3.72. The lowest BCUT2D eigenvalue weighted by atomic mass is 11.0. The van der Waals surface area contributed by atoms with E-state index in [9.17, 15) is 4.57 Å². The molecule has 0 aliphatic heterocycles. The summed E-state index contributed by atoms with van der Waals surface area (Å²) in [5.41, 5.74) is 0. The molecule has 1 nitrogen and oxygen atoms in total. The molecule has 0 radical (unpaired) electrons. The van der Waals surface area contributed by atoms with E-state index in [2.05, 4.69) is 0 Å². The van der Waals surface area contributed by atoms with Crippen LogP contribution in [0.4, 0.5) is 0 Å². The van der Waals surface area contributed by atoms with Crippen molar-refractivity contribution in [3.05, 3.63) is 0 Å². The normalized spacial score (nSPS) is 13.7. The molecule has 0 bridgehead atoms. The molecule has 0 fully saturated rings. The Hall–Kier alpha value is 1.10. The molecule has 5 heteroatoms. The van der Waals surface area contributed by atoms with Gasteiger partial charge in [0.15, 0.2) is 0 Å². The summed E-state index contributed by atoms with van der Waals surface area (Å²) in [4.78, 5) is 0. The summed E-state index contributed by atoms with van der Waals surface area (Å²) in [5, 5.41) is 0. The van der Waals surface area contributed by atoms with Crippen LogP contribution >= 0.6 is 41.9 Å². The highest BCUT2D eigenvalue weighted by atomic mass is 35.6. The van der Waals surface area contributed by atoms with Gasteiger partial charge in [0, 0.05) is 12.3 Å². The molecule has 0 aliphatic rings.